The maximum atomic E-state index is 12.9. The van der Waals surface area contributed by atoms with Crippen LogP contribution in [0.15, 0.2) is 36.5 Å². The third-order valence-corrected chi connectivity index (χ3v) is 14.5. The lowest BCUT2D eigenvalue weighted by atomic mass is 10.1. The Balaban J connectivity index is 4.66. The fourth-order valence-corrected chi connectivity index (χ4v) is 9.58. The molecule has 0 aliphatic carbocycles. The fraction of sp³-hybridized carbons (Fsp3) is 0.855. The van der Waals surface area contributed by atoms with E-state index in [1.165, 1.54) is 173 Å². The number of phosphoric ester groups is 1. The van der Waals surface area contributed by atoms with Gasteiger partial charge < -0.3 is 24.2 Å². The van der Waals surface area contributed by atoms with E-state index in [0.717, 1.165) is 70.6 Å². The third-order valence-electron chi connectivity index (χ3n) is 13.5. The molecule has 0 aromatic rings. The van der Waals surface area contributed by atoms with Gasteiger partial charge in [0, 0.05) is 19.3 Å². The maximum Gasteiger partial charge on any atom is 0.472 e. The van der Waals surface area contributed by atoms with Crippen LogP contribution < -0.4 is 0 Å². The molecule has 0 aliphatic rings. The molecule has 3 unspecified atom stereocenters. The highest BCUT2D eigenvalue weighted by Gasteiger charge is 2.28. The van der Waals surface area contributed by atoms with E-state index in [0.29, 0.717) is 19.3 Å². The summed E-state index contributed by atoms with van der Waals surface area (Å²) in [6.07, 6.45) is 59.6. The van der Waals surface area contributed by atoms with Gasteiger partial charge in [0.2, 0.25) is 0 Å². The number of hydrogen-bond donors (Lipinski definition) is 2. The summed E-state index contributed by atoms with van der Waals surface area (Å²) < 4.78 is 39.5. The van der Waals surface area contributed by atoms with E-state index in [1.54, 1.807) is 0 Å². The molecule has 0 heterocycles. The molecule has 0 aromatic heterocycles. The van der Waals surface area contributed by atoms with Crippen LogP contribution in [0, 0.1) is 0 Å². The van der Waals surface area contributed by atoms with Crippen LogP contribution >= 0.6 is 7.82 Å². The van der Waals surface area contributed by atoms with Gasteiger partial charge in [0.15, 0.2) is 6.10 Å². The van der Waals surface area contributed by atoms with Gasteiger partial charge in [-0.2, -0.15) is 0 Å². The number of phosphoric acid groups is 1. The van der Waals surface area contributed by atoms with Gasteiger partial charge in [0.25, 0.3) is 0 Å². The minimum absolute atomic E-state index is 0.168. The van der Waals surface area contributed by atoms with Crippen molar-refractivity contribution >= 4 is 25.7 Å². The molecule has 0 rings (SSSR count). The highest BCUT2D eigenvalue weighted by Crippen LogP contribution is 2.43. The number of rotatable bonds is 58. The van der Waals surface area contributed by atoms with Gasteiger partial charge in [0.1, 0.15) is 12.7 Å². The van der Waals surface area contributed by atoms with Gasteiger partial charge in [-0.25, -0.2) is 4.57 Å². The summed E-state index contributed by atoms with van der Waals surface area (Å²) in [5.41, 5.74) is 0. The summed E-state index contributed by atoms with van der Waals surface area (Å²) in [4.78, 5) is 48.5. The lowest BCUT2D eigenvalue weighted by molar-refractivity contribution is -0.161. The number of ether oxygens (including phenoxy) is 3. The number of carbonyl (C=O) groups is 3. The number of esters is 3. The smallest absolute Gasteiger partial charge is 0.462 e. The third kappa shape index (κ3) is 54.5. The van der Waals surface area contributed by atoms with Crippen LogP contribution in [0.5, 0.6) is 0 Å². The van der Waals surface area contributed by atoms with Crippen molar-refractivity contribution in [1.82, 2.24) is 0 Å². The van der Waals surface area contributed by atoms with Gasteiger partial charge in [-0.1, -0.05) is 243 Å². The fourth-order valence-electron chi connectivity index (χ4n) is 8.79. The van der Waals surface area contributed by atoms with Gasteiger partial charge in [-0.05, 0) is 77.0 Å². The van der Waals surface area contributed by atoms with Crippen molar-refractivity contribution in [2.75, 3.05) is 26.4 Å². The first-order valence-electron chi connectivity index (χ1n) is 30.9. The molecule has 3 atom stereocenters. The minimum Gasteiger partial charge on any atom is -0.462 e. The molecular formula is C62H115O11P. The Labute approximate surface area is 454 Å². The molecule has 11 nitrogen and oxygen atoms in total. The van der Waals surface area contributed by atoms with E-state index in [9.17, 15) is 28.9 Å². The molecule has 0 bridgehead atoms. The molecule has 0 amide bonds. The van der Waals surface area contributed by atoms with Crippen LogP contribution in [0.25, 0.3) is 0 Å². The van der Waals surface area contributed by atoms with Gasteiger partial charge in [-0.15, -0.1) is 0 Å². The predicted molar refractivity (Wildman–Crippen MR) is 307 cm³/mol. The summed E-state index contributed by atoms with van der Waals surface area (Å²) >= 11 is 0. The van der Waals surface area contributed by atoms with Crippen molar-refractivity contribution in [2.24, 2.45) is 0 Å². The Morgan fingerprint density at radius 1 is 0.378 bits per heavy atom. The van der Waals surface area contributed by atoms with E-state index in [4.69, 9.17) is 23.3 Å². The Kier molecular flexibility index (Phi) is 55.1. The molecule has 0 saturated carbocycles. The molecule has 434 valence electrons. The SMILES string of the molecule is CCCCC/C=C\C/C=C\CCCCCCCCCCCC(=O)OCC(COP(=O)(O)OCC(CO)OC(=O)CCCCCCCCCCC)OC(=O)CCCCCCCCCCC/C=C\CCCCCCCC. The van der Waals surface area contributed by atoms with Crippen LogP contribution in [0.4, 0.5) is 0 Å². The zero-order valence-corrected chi connectivity index (χ0v) is 49.0. The number of hydrogen-bond acceptors (Lipinski definition) is 10. The van der Waals surface area contributed by atoms with Crippen LogP contribution in [-0.2, 0) is 42.2 Å². The normalized spacial score (nSPS) is 13.5. The molecular weight excluding hydrogens is 952 g/mol. The number of unbranched alkanes of at least 4 members (excludes halogenated alkanes) is 35. The first-order valence-corrected chi connectivity index (χ1v) is 32.4. The highest BCUT2D eigenvalue weighted by molar-refractivity contribution is 7.47. The summed E-state index contributed by atoms with van der Waals surface area (Å²) in [5.74, 6) is -1.45. The quantitative estimate of drug-likeness (QED) is 0.0197. The lowest BCUT2D eigenvalue weighted by Crippen LogP contribution is -2.30. The van der Waals surface area contributed by atoms with Crippen molar-refractivity contribution in [2.45, 2.75) is 315 Å². The predicted octanol–water partition coefficient (Wildman–Crippen LogP) is 18.4. The van der Waals surface area contributed by atoms with Crippen molar-refractivity contribution in [3.8, 4) is 0 Å². The largest absolute Gasteiger partial charge is 0.472 e. The number of carbonyl (C=O) groups excluding carboxylic acids is 3. The monoisotopic (exact) mass is 1070 g/mol. The van der Waals surface area contributed by atoms with Gasteiger partial charge >= 0.3 is 25.7 Å². The lowest BCUT2D eigenvalue weighted by Gasteiger charge is -2.21. The van der Waals surface area contributed by atoms with Crippen molar-refractivity contribution < 1.29 is 52.2 Å². The Hall–Kier alpha value is -2.30. The summed E-state index contributed by atoms with van der Waals surface area (Å²) in [6.45, 7) is 4.63. The van der Waals surface area contributed by atoms with E-state index < -0.39 is 57.8 Å². The van der Waals surface area contributed by atoms with Gasteiger partial charge in [0.05, 0.1) is 19.8 Å². The maximum absolute atomic E-state index is 12.9. The second kappa shape index (κ2) is 56.9. The van der Waals surface area contributed by atoms with Crippen LogP contribution in [0.1, 0.15) is 303 Å². The summed E-state index contributed by atoms with van der Waals surface area (Å²) in [6, 6.07) is 0. The summed E-state index contributed by atoms with van der Waals surface area (Å²) in [5, 5.41) is 9.79. The van der Waals surface area contributed by atoms with Crippen LogP contribution in [0.3, 0.4) is 0 Å². The average molecular weight is 1070 g/mol. The zero-order chi connectivity index (χ0) is 54.1. The molecule has 74 heavy (non-hydrogen) atoms. The number of allylic oxidation sites excluding steroid dienone is 6. The molecule has 0 aromatic carbocycles. The second-order valence-corrected chi connectivity index (χ2v) is 22.3. The van der Waals surface area contributed by atoms with Crippen molar-refractivity contribution in [1.29, 1.82) is 0 Å². The number of aliphatic hydroxyl groups is 1. The van der Waals surface area contributed by atoms with E-state index in [1.807, 2.05) is 0 Å². The molecule has 0 saturated heterocycles. The Morgan fingerprint density at radius 3 is 1.04 bits per heavy atom. The van der Waals surface area contributed by atoms with Crippen molar-refractivity contribution in [3.05, 3.63) is 36.5 Å². The van der Waals surface area contributed by atoms with E-state index >= 15 is 0 Å². The Morgan fingerprint density at radius 2 is 0.662 bits per heavy atom. The first-order chi connectivity index (χ1) is 36.2. The van der Waals surface area contributed by atoms with E-state index in [-0.39, 0.29) is 25.9 Å². The minimum atomic E-state index is -4.74. The van der Waals surface area contributed by atoms with Crippen molar-refractivity contribution in [3.63, 3.8) is 0 Å². The molecule has 0 aliphatic heterocycles. The molecule has 2 N–H and O–H groups in total. The molecule has 0 spiro atoms. The molecule has 12 heteroatoms. The first kappa shape index (κ1) is 71.7. The molecule has 0 radical (unpaired) electrons. The average Bonchev–Trinajstić information content (AvgIpc) is 3.39. The van der Waals surface area contributed by atoms with Crippen LogP contribution in [-0.4, -0.2) is 66.5 Å². The summed E-state index contributed by atoms with van der Waals surface area (Å²) in [7, 11) is -4.74. The highest BCUT2D eigenvalue weighted by atomic mass is 31.2. The Bertz CT molecular complexity index is 1380. The van der Waals surface area contributed by atoms with Crippen LogP contribution in [0.2, 0.25) is 0 Å². The standard InChI is InChI=1S/C62H115O11P/c1-4-7-10-13-16-19-21-23-25-27-29-31-33-35-37-40-42-45-48-51-60(64)69-55-59(57-71-74(67,68)70-56-58(54-63)72-61(65)52-49-46-43-39-18-15-12-9-6-3)73-62(66)53-50-47-44-41-38-36-34-32-30-28-26-24-22-20-17-14-11-8-5-2/h16,19,23-26,58-59,63H,4-15,17-18,20-22,27-57H2,1-3H3,(H,67,68)/b19-16-,25-23-,26-24-. The zero-order valence-electron chi connectivity index (χ0n) is 48.1. The number of aliphatic hydroxyl groups excluding tert-OH is 1. The van der Waals surface area contributed by atoms with Gasteiger partial charge in [-0.3, -0.25) is 23.4 Å². The van der Waals surface area contributed by atoms with E-state index in [2.05, 4.69) is 57.2 Å². The second-order valence-electron chi connectivity index (χ2n) is 20.9. The topological polar surface area (TPSA) is 155 Å². The molecule has 0 fully saturated rings.